The number of rotatable bonds is 4. The maximum absolute atomic E-state index is 13.6. The van der Waals surface area contributed by atoms with Crippen molar-refractivity contribution >= 4 is 18.0 Å². The van der Waals surface area contributed by atoms with E-state index in [-0.39, 0.29) is 11.6 Å². The van der Waals surface area contributed by atoms with Crippen LogP contribution >= 0.6 is 0 Å². The molecule has 0 radical (unpaired) electrons. The number of carbonyl (C=O) groups is 2. The van der Waals surface area contributed by atoms with Gasteiger partial charge in [-0.2, -0.15) is 0 Å². The van der Waals surface area contributed by atoms with Gasteiger partial charge in [-0.15, -0.1) is 0 Å². The fourth-order valence-electron chi connectivity index (χ4n) is 1.33. The van der Waals surface area contributed by atoms with Crippen LogP contribution in [0.3, 0.4) is 0 Å². The van der Waals surface area contributed by atoms with Crippen LogP contribution in [0.15, 0.2) is 24.3 Å². The van der Waals surface area contributed by atoms with Gasteiger partial charge in [0.05, 0.1) is 5.56 Å². The summed E-state index contributed by atoms with van der Waals surface area (Å²) in [5.74, 6) is -2.28. The number of carbonyl (C=O) groups excluding carboxylic acids is 1. The summed E-state index contributed by atoms with van der Waals surface area (Å²) in [5, 5.41) is 11.0. The van der Waals surface area contributed by atoms with Gasteiger partial charge in [0.2, 0.25) is 0 Å². The highest BCUT2D eigenvalue weighted by molar-refractivity contribution is 5.95. The fraction of sp³-hybridized carbons (Fsp3) is 0.231. The number of amides is 1. The lowest BCUT2D eigenvalue weighted by Gasteiger charge is -2.09. The molecule has 0 saturated heterocycles. The molecule has 2 N–H and O–H groups in total. The molecule has 0 aliphatic heterocycles. The van der Waals surface area contributed by atoms with Gasteiger partial charge in [0, 0.05) is 12.1 Å². The molecule has 0 aliphatic carbocycles. The molecule has 0 saturated carbocycles. The molecule has 0 spiro atoms. The van der Waals surface area contributed by atoms with Crippen LogP contribution in [0.5, 0.6) is 0 Å². The number of carboxylic acids is 1. The quantitative estimate of drug-likeness (QED) is 0.805. The number of benzene rings is 1. The van der Waals surface area contributed by atoms with Crippen molar-refractivity contribution < 1.29 is 19.1 Å². The minimum Gasteiger partial charge on any atom is -0.478 e. The Bertz CT molecular complexity index is 495. The standard InChI is InChI=1S/C13H14FNO3/c1-8(2)15-13(18)10-5-3-9(7-11(10)14)4-6-12(16)17/h3-8H,1-2H3,(H,15,18)(H,16,17)/b6-4+. The second-order valence-corrected chi connectivity index (χ2v) is 4.04. The molecule has 0 aromatic heterocycles. The van der Waals surface area contributed by atoms with E-state index in [1.54, 1.807) is 13.8 Å². The molecular formula is C13H14FNO3. The molecule has 18 heavy (non-hydrogen) atoms. The van der Waals surface area contributed by atoms with Gasteiger partial charge in [-0.05, 0) is 37.6 Å². The normalized spacial score (nSPS) is 10.9. The molecule has 0 heterocycles. The van der Waals surface area contributed by atoms with Crippen molar-refractivity contribution in [2.45, 2.75) is 19.9 Å². The van der Waals surface area contributed by atoms with Gasteiger partial charge in [0.15, 0.2) is 0 Å². The van der Waals surface area contributed by atoms with Crippen LogP contribution in [0.2, 0.25) is 0 Å². The molecule has 1 amide bonds. The molecule has 5 heteroatoms. The number of hydrogen-bond acceptors (Lipinski definition) is 2. The Hall–Kier alpha value is -2.17. The molecule has 0 bridgehead atoms. The molecule has 0 unspecified atom stereocenters. The average molecular weight is 251 g/mol. The van der Waals surface area contributed by atoms with Crippen molar-refractivity contribution in [2.75, 3.05) is 0 Å². The van der Waals surface area contributed by atoms with E-state index in [1.165, 1.54) is 18.2 Å². The molecule has 1 aromatic rings. The van der Waals surface area contributed by atoms with Gasteiger partial charge in [0.1, 0.15) is 5.82 Å². The van der Waals surface area contributed by atoms with Crippen molar-refractivity contribution in [2.24, 2.45) is 0 Å². The van der Waals surface area contributed by atoms with Crippen LogP contribution in [-0.2, 0) is 4.79 Å². The molecule has 1 rings (SSSR count). The van der Waals surface area contributed by atoms with Gasteiger partial charge in [-0.1, -0.05) is 6.07 Å². The third-order valence-electron chi connectivity index (χ3n) is 2.08. The van der Waals surface area contributed by atoms with Crippen LogP contribution in [0.25, 0.3) is 6.08 Å². The molecule has 0 fully saturated rings. The summed E-state index contributed by atoms with van der Waals surface area (Å²) >= 11 is 0. The molecular weight excluding hydrogens is 237 g/mol. The number of nitrogens with one attached hydrogen (secondary N) is 1. The first-order valence-corrected chi connectivity index (χ1v) is 5.41. The molecule has 96 valence electrons. The highest BCUT2D eigenvalue weighted by Crippen LogP contribution is 2.12. The van der Waals surface area contributed by atoms with E-state index < -0.39 is 17.7 Å². The first kappa shape index (κ1) is 13.9. The van der Waals surface area contributed by atoms with Crippen LogP contribution in [0.4, 0.5) is 4.39 Å². The van der Waals surface area contributed by atoms with Crippen molar-refractivity contribution in [1.82, 2.24) is 5.32 Å². The molecule has 1 aromatic carbocycles. The summed E-state index contributed by atoms with van der Waals surface area (Å²) in [6.07, 6.45) is 2.16. The minimum absolute atomic E-state index is 0.0591. The lowest BCUT2D eigenvalue weighted by atomic mass is 10.1. The SMILES string of the molecule is CC(C)NC(=O)c1ccc(/C=C/C(=O)O)cc1F. The Labute approximate surface area is 104 Å². The Morgan fingerprint density at radius 3 is 2.56 bits per heavy atom. The summed E-state index contributed by atoms with van der Waals surface area (Å²) in [6, 6.07) is 3.85. The number of hydrogen-bond donors (Lipinski definition) is 2. The third-order valence-corrected chi connectivity index (χ3v) is 2.08. The van der Waals surface area contributed by atoms with Gasteiger partial charge < -0.3 is 10.4 Å². The van der Waals surface area contributed by atoms with E-state index in [4.69, 9.17) is 5.11 Å². The highest BCUT2D eigenvalue weighted by Gasteiger charge is 2.12. The summed E-state index contributed by atoms with van der Waals surface area (Å²) in [6.45, 7) is 3.56. The maximum Gasteiger partial charge on any atom is 0.328 e. The van der Waals surface area contributed by atoms with Gasteiger partial charge >= 0.3 is 5.97 Å². The van der Waals surface area contributed by atoms with E-state index in [1.807, 2.05) is 0 Å². The topological polar surface area (TPSA) is 66.4 Å². The number of aliphatic carboxylic acids is 1. The summed E-state index contributed by atoms with van der Waals surface area (Å²) < 4.78 is 13.6. The predicted octanol–water partition coefficient (Wildman–Crippen LogP) is 2.06. The van der Waals surface area contributed by atoms with E-state index in [2.05, 4.69) is 5.32 Å². The van der Waals surface area contributed by atoms with Crippen molar-refractivity contribution in [3.05, 3.63) is 41.2 Å². The predicted molar refractivity (Wildman–Crippen MR) is 65.7 cm³/mol. The summed E-state index contributed by atoms with van der Waals surface area (Å²) in [5.41, 5.74) is 0.326. The Morgan fingerprint density at radius 1 is 1.39 bits per heavy atom. The number of carboxylic acid groups (broad SMARTS) is 1. The monoisotopic (exact) mass is 251 g/mol. The van der Waals surface area contributed by atoms with Crippen LogP contribution in [-0.4, -0.2) is 23.0 Å². The zero-order valence-corrected chi connectivity index (χ0v) is 10.1. The van der Waals surface area contributed by atoms with Gasteiger partial charge in [-0.3, -0.25) is 4.79 Å². The van der Waals surface area contributed by atoms with E-state index >= 15 is 0 Å². The van der Waals surface area contributed by atoms with Crippen molar-refractivity contribution in [3.63, 3.8) is 0 Å². The lowest BCUT2D eigenvalue weighted by Crippen LogP contribution is -2.30. The van der Waals surface area contributed by atoms with Crippen LogP contribution in [0.1, 0.15) is 29.8 Å². The zero-order chi connectivity index (χ0) is 13.7. The maximum atomic E-state index is 13.6. The fourth-order valence-corrected chi connectivity index (χ4v) is 1.33. The lowest BCUT2D eigenvalue weighted by molar-refractivity contribution is -0.131. The Balaban J connectivity index is 2.92. The Kier molecular flexibility index (Phi) is 4.59. The number of halogens is 1. The third kappa shape index (κ3) is 4.01. The van der Waals surface area contributed by atoms with E-state index in [0.29, 0.717) is 5.56 Å². The molecule has 0 aliphatic rings. The second kappa shape index (κ2) is 5.95. The van der Waals surface area contributed by atoms with Gasteiger partial charge in [-0.25, -0.2) is 9.18 Å². The van der Waals surface area contributed by atoms with Crippen LogP contribution in [0, 0.1) is 5.82 Å². The zero-order valence-electron chi connectivity index (χ0n) is 10.1. The van der Waals surface area contributed by atoms with Crippen molar-refractivity contribution in [3.8, 4) is 0 Å². The summed E-state index contributed by atoms with van der Waals surface area (Å²) in [7, 11) is 0. The highest BCUT2D eigenvalue weighted by atomic mass is 19.1. The Morgan fingerprint density at radius 2 is 2.06 bits per heavy atom. The molecule has 0 atom stereocenters. The first-order valence-electron chi connectivity index (χ1n) is 5.41. The van der Waals surface area contributed by atoms with E-state index in [0.717, 1.165) is 12.1 Å². The smallest absolute Gasteiger partial charge is 0.328 e. The largest absolute Gasteiger partial charge is 0.478 e. The van der Waals surface area contributed by atoms with E-state index in [9.17, 15) is 14.0 Å². The first-order chi connectivity index (χ1) is 8.40. The molecule has 4 nitrogen and oxygen atoms in total. The second-order valence-electron chi connectivity index (χ2n) is 4.04. The minimum atomic E-state index is -1.11. The average Bonchev–Trinajstić information content (AvgIpc) is 2.25. The summed E-state index contributed by atoms with van der Waals surface area (Å²) in [4.78, 5) is 21.9. The van der Waals surface area contributed by atoms with Crippen LogP contribution < -0.4 is 5.32 Å². The van der Waals surface area contributed by atoms with Crippen molar-refractivity contribution in [1.29, 1.82) is 0 Å². The van der Waals surface area contributed by atoms with Gasteiger partial charge in [0.25, 0.3) is 5.91 Å².